The van der Waals surface area contributed by atoms with Gasteiger partial charge >= 0.3 is 0 Å². The molecule has 17 heavy (non-hydrogen) atoms. The lowest BCUT2D eigenvalue weighted by Crippen LogP contribution is -2.08. The van der Waals surface area contributed by atoms with Gasteiger partial charge in [-0.3, -0.25) is 5.10 Å². The summed E-state index contributed by atoms with van der Waals surface area (Å²) in [6.45, 7) is 4.29. The maximum atomic E-state index is 4.44. The van der Waals surface area contributed by atoms with E-state index < -0.39 is 0 Å². The predicted octanol–water partition coefficient (Wildman–Crippen LogP) is 3.96. The molecule has 1 aromatic heterocycles. The summed E-state index contributed by atoms with van der Waals surface area (Å²) in [5, 5.41) is 7.63. The Kier molecular flexibility index (Phi) is 2.50. The van der Waals surface area contributed by atoms with Gasteiger partial charge in [0.1, 0.15) is 0 Å². The average molecular weight is 226 g/mol. The number of aromatic nitrogens is 2. The molecule has 88 valence electrons. The van der Waals surface area contributed by atoms with Gasteiger partial charge in [0.25, 0.3) is 0 Å². The van der Waals surface area contributed by atoms with Gasteiger partial charge < -0.3 is 0 Å². The fourth-order valence-corrected chi connectivity index (χ4v) is 2.31. The summed E-state index contributed by atoms with van der Waals surface area (Å²) >= 11 is 0. The molecule has 1 aliphatic rings. The van der Waals surface area contributed by atoms with Gasteiger partial charge in [-0.2, -0.15) is 5.10 Å². The Morgan fingerprint density at radius 1 is 1.12 bits per heavy atom. The first-order chi connectivity index (χ1) is 8.24. The second kappa shape index (κ2) is 4.02. The maximum absolute atomic E-state index is 4.44. The topological polar surface area (TPSA) is 28.7 Å². The normalized spacial score (nSPS) is 15.9. The van der Waals surface area contributed by atoms with Gasteiger partial charge in [0.05, 0.1) is 5.69 Å². The van der Waals surface area contributed by atoms with Crippen LogP contribution in [0.1, 0.15) is 42.0 Å². The van der Waals surface area contributed by atoms with Crippen molar-refractivity contribution in [3.05, 3.63) is 41.1 Å². The van der Waals surface area contributed by atoms with Crippen LogP contribution in [0.15, 0.2) is 24.3 Å². The molecule has 1 fully saturated rings. The highest BCUT2D eigenvalue weighted by atomic mass is 15.1. The molecular formula is C15H18N2. The van der Waals surface area contributed by atoms with Crippen molar-refractivity contribution >= 4 is 0 Å². The Balaban J connectivity index is 1.92. The molecule has 0 unspecified atom stereocenters. The smallest absolute Gasteiger partial charge is 0.0923 e. The lowest BCUT2D eigenvalue weighted by molar-refractivity contribution is 0.410. The number of H-pyrrole nitrogens is 1. The van der Waals surface area contributed by atoms with E-state index in [-0.39, 0.29) is 0 Å². The Labute approximate surface area is 102 Å². The fraction of sp³-hybridized carbons (Fsp3) is 0.400. The minimum absolute atomic E-state index is 0.725. The van der Waals surface area contributed by atoms with E-state index in [4.69, 9.17) is 0 Å². The molecule has 1 saturated carbocycles. The number of nitrogens with one attached hydrogen (secondary N) is 1. The number of rotatable bonds is 2. The van der Waals surface area contributed by atoms with E-state index in [2.05, 4.69) is 48.3 Å². The van der Waals surface area contributed by atoms with E-state index in [1.807, 2.05) is 0 Å². The van der Waals surface area contributed by atoms with E-state index in [9.17, 15) is 0 Å². The Morgan fingerprint density at radius 3 is 2.59 bits per heavy atom. The lowest BCUT2D eigenvalue weighted by atomic mass is 9.83. The largest absolute Gasteiger partial charge is 0.282 e. The minimum Gasteiger partial charge on any atom is -0.282 e. The van der Waals surface area contributed by atoms with Crippen LogP contribution in [0.5, 0.6) is 0 Å². The Morgan fingerprint density at radius 2 is 1.94 bits per heavy atom. The molecule has 0 aliphatic heterocycles. The van der Waals surface area contributed by atoms with Gasteiger partial charge in [-0.25, -0.2) is 0 Å². The monoisotopic (exact) mass is 226 g/mol. The number of aryl methyl sites for hydroxylation is 2. The molecule has 1 N–H and O–H groups in total. The van der Waals surface area contributed by atoms with Crippen LogP contribution in [0, 0.1) is 13.8 Å². The van der Waals surface area contributed by atoms with E-state index >= 15 is 0 Å². The summed E-state index contributed by atoms with van der Waals surface area (Å²) in [6.07, 6.45) is 3.99. The second-order valence-electron chi connectivity index (χ2n) is 5.14. The van der Waals surface area contributed by atoms with Crippen molar-refractivity contribution in [2.45, 2.75) is 39.0 Å². The first-order valence-corrected chi connectivity index (χ1v) is 6.37. The molecule has 1 heterocycles. The van der Waals surface area contributed by atoms with Gasteiger partial charge in [-0.1, -0.05) is 18.6 Å². The third-order valence-corrected chi connectivity index (χ3v) is 3.95. The van der Waals surface area contributed by atoms with Gasteiger partial charge in [-0.15, -0.1) is 0 Å². The van der Waals surface area contributed by atoms with E-state index in [0.717, 1.165) is 11.6 Å². The minimum atomic E-state index is 0.725. The number of nitrogens with zero attached hydrogens (tertiary/aromatic N) is 1. The number of aromatic amines is 1. The zero-order valence-corrected chi connectivity index (χ0v) is 10.5. The summed E-state index contributed by atoms with van der Waals surface area (Å²) in [5.41, 5.74) is 6.27. The molecule has 1 aromatic carbocycles. The van der Waals surface area contributed by atoms with Crippen molar-refractivity contribution in [2.75, 3.05) is 0 Å². The van der Waals surface area contributed by atoms with Crippen molar-refractivity contribution in [1.82, 2.24) is 10.2 Å². The van der Waals surface area contributed by atoms with Crippen LogP contribution in [-0.4, -0.2) is 10.2 Å². The Bertz CT molecular complexity index is 536. The zero-order chi connectivity index (χ0) is 11.8. The van der Waals surface area contributed by atoms with Crippen LogP contribution in [0.2, 0.25) is 0 Å². The Hall–Kier alpha value is -1.57. The molecule has 0 saturated heterocycles. The van der Waals surface area contributed by atoms with Crippen molar-refractivity contribution in [3.63, 3.8) is 0 Å². The highest BCUT2D eigenvalue weighted by molar-refractivity contribution is 5.61. The molecule has 0 amide bonds. The highest BCUT2D eigenvalue weighted by Gasteiger charge is 2.21. The van der Waals surface area contributed by atoms with Crippen molar-refractivity contribution in [1.29, 1.82) is 0 Å². The number of benzene rings is 1. The second-order valence-corrected chi connectivity index (χ2v) is 5.14. The molecule has 0 atom stereocenters. The summed E-state index contributed by atoms with van der Waals surface area (Å²) in [4.78, 5) is 0. The van der Waals surface area contributed by atoms with Crippen LogP contribution in [-0.2, 0) is 0 Å². The first-order valence-electron chi connectivity index (χ1n) is 6.37. The highest BCUT2D eigenvalue weighted by Crippen LogP contribution is 2.36. The van der Waals surface area contributed by atoms with Crippen molar-refractivity contribution in [2.24, 2.45) is 0 Å². The van der Waals surface area contributed by atoms with Crippen molar-refractivity contribution in [3.8, 4) is 11.3 Å². The summed E-state index contributed by atoms with van der Waals surface area (Å²) < 4.78 is 0. The molecule has 1 aliphatic carbocycles. The molecule has 2 aromatic rings. The molecular weight excluding hydrogens is 208 g/mol. The van der Waals surface area contributed by atoms with Gasteiger partial charge in [-0.05, 0) is 49.9 Å². The van der Waals surface area contributed by atoms with Crippen LogP contribution in [0.25, 0.3) is 11.3 Å². The molecule has 0 bridgehead atoms. The standard InChI is InChI=1S/C15H18N2/c1-10-6-7-13(8-11(10)2)15-9-14(16-17-15)12-4-3-5-12/h6-9,12H,3-5H2,1-2H3,(H,16,17). The predicted molar refractivity (Wildman–Crippen MR) is 70.1 cm³/mol. The van der Waals surface area contributed by atoms with E-state index in [1.54, 1.807) is 0 Å². The van der Waals surface area contributed by atoms with Crippen LogP contribution in [0.3, 0.4) is 0 Å². The molecule has 3 rings (SSSR count). The summed E-state index contributed by atoms with van der Waals surface area (Å²) in [6, 6.07) is 8.76. The lowest BCUT2D eigenvalue weighted by Gasteiger charge is -2.23. The zero-order valence-electron chi connectivity index (χ0n) is 10.5. The first kappa shape index (κ1) is 10.6. The molecule has 2 nitrogen and oxygen atoms in total. The number of hydrogen-bond acceptors (Lipinski definition) is 1. The van der Waals surface area contributed by atoms with Crippen LogP contribution < -0.4 is 0 Å². The average Bonchev–Trinajstić information content (AvgIpc) is 2.69. The van der Waals surface area contributed by atoms with Crippen molar-refractivity contribution < 1.29 is 0 Å². The number of hydrogen-bond donors (Lipinski definition) is 1. The van der Waals surface area contributed by atoms with Gasteiger partial charge in [0.15, 0.2) is 0 Å². The van der Waals surface area contributed by atoms with Crippen LogP contribution >= 0.6 is 0 Å². The van der Waals surface area contributed by atoms with Gasteiger partial charge in [0.2, 0.25) is 0 Å². The third-order valence-electron chi connectivity index (χ3n) is 3.95. The summed E-state index contributed by atoms with van der Waals surface area (Å²) in [7, 11) is 0. The summed E-state index contributed by atoms with van der Waals surface area (Å²) in [5.74, 6) is 0.725. The van der Waals surface area contributed by atoms with Gasteiger partial charge in [0, 0.05) is 17.2 Å². The quantitative estimate of drug-likeness (QED) is 0.825. The van der Waals surface area contributed by atoms with E-state index in [0.29, 0.717) is 0 Å². The third kappa shape index (κ3) is 1.88. The van der Waals surface area contributed by atoms with E-state index in [1.165, 1.54) is 41.6 Å². The van der Waals surface area contributed by atoms with Crippen LogP contribution in [0.4, 0.5) is 0 Å². The fourth-order valence-electron chi connectivity index (χ4n) is 2.31. The molecule has 0 radical (unpaired) electrons. The SMILES string of the molecule is Cc1ccc(-c2cc(C3CCC3)[nH]n2)cc1C. The molecule has 2 heteroatoms. The maximum Gasteiger partial charge on any atom is 0.0923 e. The molecule has 0 spiro atoms.